The van der Waals surface area contributed by atoms with Crippen LogP contribution >= 0.6 is 11.6 Å². The lowest BCUT2D eigenvalue weighted by Crippen LogP contribution is -2.30. The Balaban J connectivity index is 1.68. The van der Waals surface area contributed by atoms with E-state index in [2.05, 4.69) is 23.8 Å². The van der Waals surface area contributed by atoms with E-state index in [1.807, 2.05) is 42.5 Å². The molecule has 0 saturated carbocycles. The molecular formula is C22H22ClN3O2. The van der Waals surface area contributed by atoms with E-state index in [1.165, 1.54) is 0 Å². The predicted molar refractivity (Wildman–Crippen MR) is 111 cm³/mol. The topological polar surface area (TPSA) is 55.3 Å². The van der Waals surface area contributed by atoms with Crippen molar-refractivity contribution >= 4 is 34.4 Å². The van der Waals surface area contributed by atoms with E-state index in [-0.39, 0.29) is 5.91 Å². The van der Waals surface area contributed by atoms with Crippen molar-refractivity contribution in [3.63, 3.8) is 0 Å². The molecule has 1 aliphatic heterocycles. The molecule has 1 amide bonds. The molecule has 0 fully saturated rings. The molecule has 28 heavy (non-hydrogen) atoms. The lowest BCUT2D eigenvalue weighted by Gasteiger charge is -2.25. The third-order valence-corrected chi connectivity index (χ3v) is 5.07. The highest BCUT2D eigenvalue weighted by molar-refractivity contribution is 6.29. The molecule has 1 unspecified atom stereocenters. The quantitative estimate of drug-likeness (QED) is 0.414. The first kappa shape index (κ1) is 18.8. The van der Waals surface area contributed by atoms with Crippen LogP contribution in [0.25, 0.3) is 11.0 Å². The van der Waals surface area contributed by atoms with Crippen LogP contribution in [0.3, 0.4) is 0 Å². The van der Waals surface area contributed by atoms with Crippen LogP contribution in [0.4, 0.5) is 5.82 Å². The van der Waals surface area contributed by atoms with Gasteiger partial charge in [0.15, 0.2) is 11.9 Å². The van der Waals surface area contributed by atoms with Gasteiger partial charge in [0.05, 0.1) is 0 Å². The average molecular weight is 396 g/mol. The second kappa shape index (κ2) is 7.86. The van der Waals surface area contributed by atoms with Gasteiger partial charge in [-0.2, -0.15) is 0 Å². The van der Waals surface area contributed by atoms with Crippen LogP contribution in [0.15, 0.2) is 48.5 Å². The maximum Gasteiger partial charge on any atom is 0.262 e. The zero-order chi connectivity index (χ0) is 19.7. The number of hydrogen-bond donors (Lipinski definition) is 0. The van der Waals surface area contributed by atoms with Gasteiger partial charge in [0.1, 0.15) is 11.0 Å². The fourth-order valence-electron chi connectivity index (χ4n) is 3.46. The number of halogens is 1. The largest absolute Gasteiger partial charge is 0.353 e. The van der Waals surface area contributed by atoms with Gasteiger partial charge in [-0.25, -0.2) is 9.97 Å². The molecule has 1 atom stereocenters. The summed E-state index contributed by atoms with van der Waals surface area (Å²) in [4.78, 5) is 23.6. The molecule has 1 aromatic carbocycles. The second-order valence-electron chi connectivity index (χ2n) is 7.37. The van der Waals surface area contributed by atoms with E-state index >= 15 is 0 Å². The van der Waals surface area contributed by atoms with Crippen LogP contribution in [0, 0.1) is 5.92 Å². The molecule has 4 rings (SSSR count). The summed E-state index contributed by atoms with van der Waals surface area (Å²) in [6.07, 6.45) is 1.54. The number of fused-ring (bicyclic) bond motifs is 2. The third-order valence-electron chi connectivity index (χ3n) is 4.86. The number of anilines is 1. The normalized spacial score (nSPS) is 16.2. The fraction of sp³-hybridized carbons (Fsp3) is 0.318. The smallest absolute Gasteiger partial charge is 0.262 e. The predicted octanol–water partition coefficient (Wildman–Crippen LogP) is 5.40. The molecule has 3 heterocycles. The highest BCUT2D eigenvalue weighted by atomic mass is 35.5. The van der Waals surface area contributed by atoms with Crippen molar-refractivity contribution in [3.8, 4) is 0 Å². The Bertz CT molecular complexity index is 1020. The van der Waals surface area contributed by atoms with Crippen molar-refractivity contribution in [2.75, 3.05) is 11.5 Å². The molecule has 0 aliphatic carbocycles. The van der Waals surface area contributed by atoms with E-state index in [1.54, 1.807) is 11.0 Å². The van der Waals surface area contributed by atoms with Crippen molar-refractivity contribution in [1.29, 1.82) is 0 Å². The van der Waals surface area contributed by atoms with Crippen LogP contribution < -0.4 is 4.90 Å². The molecule has 6 heteroatoms. The fourth-order valence-corrected chi connectivity index (χ4v) is 3.60. The molecule has 1 aliphatic rings. The van der Waals surface area contributed by atoms with Gasteiger partial charge in [-0.15, -0.1) is 0 Å². The Morgan fingerprint density at radius 3 is 2.71 bits per heavy atom. The summed E-state index contributed by atoms with van der Waals surface area (Å²) < 4.78 is 6.17. The van der Waals surface area contributed by atoms with Gasteiger partial charge in [0, 0.05) is 23.1 Å². The van der Waals surface area contributed by atoms with Gasteiger partial charge in [-0.3, -0.25) is 9.69 Å². The Morgan fingerprint density at radius 1 is 1.11 bits per heavy atom. The zero-order valence-electron chi connectivity index (χ0n) is 15.9. The molecule has 0 spiro atoms. The number of carbonyl (C=O) groups is 1. The number of amides is 1. The van der Waals surface area contributed by atoms with Crippen LogP contribution in [-0.2, 0) is 4.74 Å². The number of rotatable bonds is 6. The van der Waals surface area contributed by atoms with Crippen LogP contribution in [0.2, 0.25) is 5.15 Å². The highest BCUT2D eigenvalue weighted by Crippen LogP contribution is 2.38. The standard InChI is InChI=1S/C22H22ClN3O2/c1-14(2)6-5-13-28-22-17-8-4-3-7-16(17)21(27)26(22)19-12-10-15-9-11-18(23)24-20(15)25-19/h3-4,7-12,14,22H,5-6,13H2,1-2H3. The monoisotopic (exact) mass is 395 g/mol. The minimum absolute atomic E-state index is 0.113. The maximum atomic E-state index is 13.1. The molecule has 0 bridgehead atoms. The Hall–Kier alpha value is -2.50. The molecule has 144 valence electrons. The number of hydrogen-bond acceptors (Lipinski definition) is 4. The Kier molecular flexibility index (Phi) is 5.29. The van der Waals surface area contributed by atoms with Crippen LogP contribution in [0.5, 0.6) is 0 Å². The molecule has 5 nitrogen and oxygen atoms in total. The first-order chi connectivity index (χ1) is 13.5. The summed E-state index contributed by atoms with van der Waals surface area (Å²) >= 11 is 6.01. The number of aromatic nitrogens is 2. The van der Waals surface area contributed by atoms with Crippen molar-refractivity contribution in [3.05, 3.63) is 64.8 Å². The number of benzene rings is 1. The number of ether oxygens (including phenoxy) is 1. The molecule has 0 saturated heterocycles. The van der Waals surface area contributed by atoms with Gasteiger partial charge in [-0.1, -0.05) is 43.6 Å². The molecule has 2 aromatic heterocycles. The average Bonchev–Trinajstić information content (AvgIpc) is 2.97. The summed E-state index contributed by atoms with van der Waals surface area (Å²) in [7, 11) is 0. The molecule has 3 aromatic rings. The lowest BCUT2D eigenvalue weighted by molar-refractivity contribution is 0.0484. The second-order valence-corrected chi connectivity index (χ2v) is 7.76. The first-order valence-corrected chi connectivity index (χ1v) is 9.90. The zero-order valence-corrected chi connectivity index (χ0v) is 16.7. The lowest BCUT2D eigenvalue weighted by atomic mass is 10.1. The highest BCUT2D eigenvalue weighted by Gasteiger charge is 2.39. The van der Waals surface area contributed by atoms with E-state index in [0.717, 1.165) is 23.8 Å². The van der Waals surface area contributed by atoms with Crippen LogP contribution in [0.1, 0.15) is 48.8 Å². The van der Waals surface area contributed by atoms with Gasteiger partial charge in [0.25, 0.3) is 5.91 Å². The van der Waals surface area contributed by atoms with Gasteiger partial charge in [-0.05, 0) is 49.1 Å². The van der Waals surface area contributed by atoms with E-state index < -0.39 is 6.23 Å². The summed E-state index contributed by atoms with van der Waals surface area (Å²) in [5, 5.41) is 1.24. The SMILES string of the molecule is CC(C)CCCOC1c2ccccc2C(=O)N1c1ccc2ccc(Cl)nc2n1. The Morgan fingerprint density at radius 2 is 1.89 bits per heavy atom. The first-order valence-electron chi connectivity index (χ1n) is 9.52. The van der Waals surface area contributed by atoms with Crippen LogP contribution in [-0.4, -0.2) is 22.5 Å². The van der Waals surface area contributed by atoms with Gasteiger partial charge >= 0.3 is 0 Å². The van der Waals surface area contributed by atoms with Gasteiger partial charge < -0.3 is 4.74 Å². The third kappa shape index (κ3) is 3.60. The van der Waals surface area contributed by atoms with Crippen molar-refractivity contribution in [2.24, 2.45) is 5.92 Å². The number of nitrogens with zero attached hydrogens (tertiary/aromatic N) is 3. The number of pyridine rings is 2. The van der Waals surface area contributed by atoms with E-state index in [0.29, 0.717) is 34.7 Å². The summed E-state index contributed by atoms with van der Waals surface area (Å²) in [6.45, 7) is 4.97. The summed E-state index contributed by atoms with van der Waals surface area (Å²) in [5.41, 5.74) is 2.03. The Labute approximate surface area is 169 Å². The van der Waals surface area contributed by atoms with E-state index in [4.69, 9.17) is 16.3 Å². The summed E-state index contributed by atoms with van der Waals surface area (Å²) in [5.74, 6) is 1.02. The van der Waals surface area contributed by atoms with Crippen molar-refractivity contribution < 1.29 is 9.53 Å². The van der Waals surface area contributed by atoms with E-state index in [9.17, 15) is 4.79 Å². The molecule has 0 N–H and O–H groups in total. The maximum absolute atomic E-state index is 13.1. The summed E-state index contributed by atoms with van der Waals surface area (Å²) in [6, 6.07) is 14.9. The molecule has 0 radical (unpaired) electrons. The minimum atomic E-state index is -0.486. The number of carbonyl (C=O) groups excluding carboxylic acids is 1. The minimum Gasteiger partial charge on any atom is -0.353 e. The van der Waals surface area contributed by atoms with Gasteiger partial charge in [0.2, 0.25) is 0 Å². The van der Waals surface area contributed by atoms with Crippen molar-refractivity contribution in [2.45, 2.75) is 32.9 Å². The van der Waals surface area contributed by atoms with Crippen molar-refractivity contribution in [1.82, 2.24) is 9.97 Å². The molecular weight excluding hydrogens is 374 g/mol.